The average Bonchev–Trinajstić information content (AvgIpc) is 3.50. The molecule has 40 heavy (non-hydrogen) atoms. The summed E-state index contributed by atoms with van der Waals surface area (Å²) < 4.78 is 4.47. The van der Waals surface area contributed by atoms with Crippen LogP contribution in [0.3, 0.4) is 0 Å². The van der Waals surface area contributed by atoms with Crippen molar-refractivity contribution >= 4 is 50.7 Å². The molecule has 0 N–H and O–H groups in total. The van der Waals surface area contributed by atoms with Gasteiger partial charge in [-0.25, -0.2) is 34.9 Å². The first-order valence-electron chi connectivity index (χ1n) is 13.2. The molecule has 2 unspecified atom stereocenters. The Labute approximate surface area is 229 Å². The zero-order valence-corrected chi connectivity index (χ0v) is 21.9. The van der Waals surface area contributed by atoms with E-state index in [1.54, 1.807) is 19.0 Å². The maximum absolute atomic E-state index is 4.67. The Hall–Kier alpha value is -5.25. The second kappa shape index (κ2) is 8.63. The third-order valence-corrected chi connectivity index (χ3v) is 7.82. The zero-order chi connectivity index (χ0) is 26.8. The minimum absolute atomic E-state index is 0.0929. The Balaban J connectivity index is 1.15. The Morgan fingerprint density at radius 2 is 1.45 bits per heavy atom. The molecule has 10 heteroatoms. The number of nitrogens with zero attached hydrogens (tertiary/aromatic N) is 10. The van der Waals surface area contributed by atoms with Crippen LogP contribution in [-0.4, -0.2) is 57.3 Å². The maximum Gasteiger partial charge on any atom is 0.118 e. The lowest BCUT2D eigenvalue weighted by Gasteiger charge is -2.26. The smallest absolute Gasteiger partial charge is 0.118 e. The Kier molecular flexibility index (Phi) is 4.90. The van der Waals surface area contributed by atoms with E-state index in [4.69, 9.17) is 0 Å². The molecule has 0 amide bonds. The molecule has 10 nitrogen and oxygen atoms in total. The fraction of sp³-hybridized carbons (Fsp3) is 0.167. The predicted octanol–water partition coefficient (Wildman–Crippen LogP) is 5.04. The van der Waals surface area contributed by atoms with Gasteiger partial charge in [0.1, 0.15) is 41.2 Å². The van der Waals surface area contributed by atoms with Crippen molar-refractivity contribution in [2.75, 3.05) is 7.05 Å². The molecular weight excluding hydrogens is 500 g/mol. The van der Waals surface area contributed by atoms with E-state index in [9.17, 15) is 0 Å². The number of aliphatic imine (C=N–C) groups is 1. The summed E-state index contributed by atoms with van der Waals surface area (Å²) in [4.78, 5) is 33.2. The Bertz CT molecular complexity index is 1980. The number of rotatable bonds is 3. The molecule has 0 saturated heterocycles. The summed E-state index contributed by atoms with van der Waals surface area (Å²) in [5.74, 6) is 0.227. The number of allylic oxidation sites excluding steroid dienone is 4. The summed E-state index contributed by atoms with van der Waals surface area (Å²) in [5, 5.41) is 0. The van der Waals surface area contributed by atoms with E-state index < -0.39 is 0 Å². The van der Waals surface area contributed by atoms with E-state index >= 15 is 0 Å². The van der Waals surface area contributed by atoms with Gasteiger partial charge in [-0.3, -0.25) is 0 Å². The summed E-state index contributed by atoms with van der Waals surface area (Å²) in [5.41, 5.74) is 10.9. The molecule has 6 heterocycles. The van der Waals surface area contributed by atoms with Gasteiger partial charge in [0, 0.05) is 12.7 Å². The third kappa shape index (κ3) is 3.32. The highest BCUT2D eigenvalue weighted by atomic mass is 15.2. The lowest BCUT2D eigenvalue weighted by atomic mass is 9.89. The minimum Gasteiger partial charge on any atom is -0.360 e. The monoisotopic (exact) mass is 524 g/mol. The molecule has 5 aromatic heterocycles. The van der Waals surface area contributed by atoms with Gasteiger partial charge in [0.25, 0.3) is 0 Å². The largest absolute Gasteiger partial charge is 0.360 e. The number of fused-ring (bicyclic) bond motifs is 6. The molecule has 1 aromatic carbocycles. The molecule has 2 aliphatic rings. The van der Waals surface area contributed by atoms with Crippen molar-refractivity contribution in [2.24, 2.45) is 10.9 Å². The Morgan fingerprint density at radius 1 is 0.800 bits per heavy atom. The van der Waals surface area contributed by atoms with Gasteiger partial charge in [0.05, 0.1) is 59.8 Å². The fourth-order valence-electron chi connectivity index (χ4n) is 6.01. The van der Waals surface area contributed by atoms with Gasteiger partial charge >= 0.3 is 0 Å². The van der Waals surface area contributed by atoms with Crippen LogP contribution >= 0.6 is 0 Å². The van der Waals surface area contributed by atoms with Crippen molar-refractivity contribution < 1.29 is 0 Å². The highest BCUT2D eigenvalue weighted by Crippen LogP contribution is 2.39. The molecule has 1 aliphatic carbocycles. The Morgan fingerprint density at radius 3 is 2.12 bits per heavy atom. The first kappa shape index (κ1) is 22.7. The van der Waals surface area contributed by atoms with Crippen LogP contribution in [0.15, 0.2) is 85.1 Å². The average molecular weight is 525 g/mol. The van der Waals surface area contributed by atoms with Crippen molar-refractivity contribution in [1.29, 1.82) is 0 Å². The van der Waals surface area contributed by atoms with Crippen LogP contribution in [0.1, 0.15) is 24.2 Å². The van der Waals surface area contributed by atoms with E-state index in [2.05, 4.69) is 98.3 Å². The molecule has 0 radical (unpaired) electrons. The maximum atomic E-state index is 4.67. The summed E-state index contributed by atoms with van der Waals surface area (Å²) in [7, 11) is 2.03. The molecule has 2 atom stereocenters. The molecule has 1 aliphatic heterocycles. The fourth-order valence-corrected chi connectivity index (χ4v) is 6.01. The quantitative estimate of drug-likeness (QED) is 0.319. The van der Waals surface area contributed by atoms with Gasteiger partial charge in [-0.15, -0.1) is 0 Å². The van der Waals surface area contributed by atoms with E-state index in [1.165, 1.54) is 5.57 Å². The van der Waals surface area contributed by atoms with Gasteiger partial charge in [0.15, 0.2) is 0 Å². The second-order valence-electron chi connectivity index (χ2n) is 10.3. The number of aromatic nitrogens is 8. The zero-order valence-electron chi connectivity index (χ0n) is 21.9. The van der Waals surface area contributed by atoms with E-state index in [1.807, 2.05) is 32.0 Å². The van der Waals surface area contributed by atoms with Crippen LogP contribution in [0.5, 0.6) is 0 Å². The molecular formula is C30H24N10. The van der Waals surface area contributed by atoms with Crippen LogP contribution in [0, 0.1) is 5.92 Å². The van der Waals surface area contributed by atoms with Gasteiger partial charge in [-0.1, -0.05) is 37.3 Å². The standard InChI is InChI=1S/C30H24N10/c1-18-9-20(5-8-22(18)40-24-11-32-15-35-28(24)29-25(40)12-33-16-36-29)19-3-6-21(7-4-19)39-23-10-31-14-34-27(23)30-26(39)13-38(2)17-37-30/h3-12,14-18,22H,13H2,1-2H3. The van der Waals surface area contributed by atoms with Gasteiger partial charge in [-0.2, -0.15) is 0 Å². The van der Waals surface area contributed by atoms with Crippen molar-refractivity contribution in [3.05, 3.63) is 91.3 Å². The summed E-state index contributed by atoms with van der Waals surface area (Å²) >= 11 is 0. The summed E-state index contributed by atoms with van der Waals surface area (Å²) in [6, 6.07) is 8.77. The molecule has 0 fully saturated rings. The number of benzene rings is 1. The molecule has 0 spiro atoms. The summed E-state index contributed by atoms with van der Waals surface area (Å²) in [6.07, 6.45) is 19.0. The normalized spacial score (nSPS) is 18.6. The summed E-state index contributed by atoms with van der Waals surface area (Å²) in [6.45, 7) is 2.99. The first-order valence-corrected chi connectivity index (χ1v) is 13.2. The first-order chi connectivity index (χ1) is 19.7. The van der Waals surface area contributed by atoms with E-state index in [0.717, 1.165) is 62.3 Å². The molecule has 8 rings (SSSR count). The molecule has 6 aromatic rings. The van der Waals surface area contributed by atoms with Crippen LogP contribution in [0.2, 0.25) is 0 Å². The predicted molar refractivity (Wildman–Crippen MR) is 154 cm³/mol. The van der Waals surface area contributed by atoms with E-state index in [0.29, 0.717) is 0 Å². The lowest BCUT2D eigenvalue weighted by Crippen LogP contribution is -2.20. The van der Waals surface area contributed by atoms with Crippen LogP contribution < -0.4 is 0 Å². The van der Waals surface area contributed by atoms with Crippen LogP contribution in [0.25, 0.3) is 44.4 Å². The van der Waals surface area contributed by atoms with Gasteiger partial charge < -0.3 is 14.0 Å². The van der Waals surface area contributed by atoms with Gasteiger partial charge in [0.2, 0.25) is 0 Å². The molecule has 0 bridgehead atoms. The molecule has 0 saturated carbocycles. The van der Waals surface area contributed by atoms with Crippen molar-refractivity contribution in [1.82, 2.24) is 43.9 Å². The SMILES string of the molecule is CC1C=C(c2ccc(-n3c4c(c5ncncc53)N=CN(C)C4)cc2)C=CC1n1c2cncnc2c2ncncc21. The molecule has 194 valence electrons. The van der Waals surface area contributed by atoms with Crippen molar-refractivity contribution in [2.45, 2.75) is 19.5 Å². The van der Waals surface area contributed by atoms with E-state index in [-0.39, 0.29) is 12.0 Å². The minimum atomic E-state index is 0.0929. The highest BCUT2D eigenvalue weighted by Gasteiger charge is 2.25. The van der Waals surface area contributed by atoms with Gasteiger partial charge in [-0.05, 0) is 29.2 Å². The number of hydrogen-bond donors (Lipinski definition) is 0. The van der Waals surface area contributed by atoms with Crippen molar-refractivity contribution in [3.8, 4) is 5.69 Å². The number of hydrogen-bond acceptors (Lipinski definition) is 8. The van der Waals surface area contributed by atoms with Crippen molar-refractivity contribution in [3.63, 3.8) is 0 Å². The lowest BCUT2D eigenvalue weighted by molar-refractivity contribution is 0.496. The van der Waals surface area contributed by atoms with Crippen LogP contribution in [-0.2, 0) is 6.54 Å². The van der Waals surface area contributed by atoms with Crippen LogP contribution in [0.4, 0.5) is 5.69 Å². The third-order valence-electron chi connectivity index (χ3n) is 7.82. The second-order valence-corrected chi connectivity index (χ2v) is 10.3. The topological polar surface area (TPSA) is 103 Å². The highest BCUT2D eigenvalue weighted by molar-refractivity contribution is 6.02.